The Kier molecular flexibility index (Phi) is 10.5. The highest BCUT2D eigenvalue weighted by Gasteiger charge is 2.42. The van der Waals surface area contributed by atoms with Crippen molar-refractivity contribution >= 4 is 39.6 Å². The van der Waals surface area contributed by atoms with Gasteiger partial charge in [0.15, 0.2) is 0 Å². The summed E-state index contributed by atoms with van der Waals surface area (Å²) in [5, 5.41) is 3.46. The number of urea groups is 1. The summed E-state index contributed by atoms with van der Waals surface area (Å²) in [6, 6.07) is 6.03. The molecule has 4 N–H and O–H groups in total. The second kappa shape index (κ2) is 15.0. The zero-order valence-corrected chi connectivity index (χ0v) is 30.3. The highest BCUT2D eigenvalue weighted by molar-refractivity contribution is 6.01. The minimum absolute atomic E-state index is 0.178. The lowest BCUT2D eigenvalue weighted by Gasteiger charge is -2.40. The molecule has 7 rings (SSSR count). The molecule has 0 radical (unpaired) electrons. The van der Waals surface area contributed by atoms with Crippen LogP contribution in [-0.4, -0.2) is 93.5 Å². The van der Waals surface area contributed by atoms with Crippen molar-refractivity contribution in [3.05, 3.63) is 69.8 Å². The molecule has 55 heavy (non-hydrogen) atoms. The van der Waals surface area contributed by atoms with Crippen LogP contribution in [0.2, 0.25) is 0 Å². The third-order valence-corrected chi connectivity index (χ3v) is 11.7. The number of hydrogen-bond donors (Lipinski definition) is 3. The topological polar surface area (TPSA) is 133 Å². The van der Waals surface area contributed by atoms with Gasteiger partial charge in [-0.25, -0.2) is 9.59 Å². The van der Waals surface area contributed by atoms with Gasteiger partial charge in [0, 0.05) is 44.0 Å². The van der Waals surface area contributed by atoms with Crippen molar-refractivity contribution in [1.29, 1.82) is 0 Å². The summed E-state index contributed by atoms with van der Waals surface area (Å²) in [5.41, 5.74) is 1.85. The van der Waals surface area contributed by atoms with Crippen LogP contribution in [0, 0.1) is 11.8 Å². The van der Waals surface area contributed by atoms with Crippen LogP contribution in [0.15, 0.2) is 47.4 Å². The van der Waals surface area contributed by atoms with Gasteiger partial charge >= 0.3 is 24.1 Å². The van der Waals surface area contributed by atoms with Crippen LogP contribution >= 0.6 is 0 Å². The number of nitrogens with two attached hydrogens (primary N) is 1. The van der Waals surface area contributed by atoms with Crippen LogP contribution in [0.25, 0.3) is 21.9 Å². The van der Waals surface area contributed by atoms with Gasteiger partial charge < -0.3 is 30.7 Å². The van der Waals surface area contributed by atoms with Gasteiger partial charge in [0.1, 0.15) is 6.04 Å². The number of amides is 3. The van der Waals surface area contributed by atoms with Crippen LogP contribution in [0.3, 0.4) is 0 Å². The van der Waals surface area contributed by atoms with E-state index in [1.165, 1.54) is 4.90 Å². The molecule has 3 aliphatic heterocycles. The number of para-hydroxylation sites is 1. The molecule has 2 aromatic heterocycles. The first-order chi connectivity index (χ1) is 26.1. The number of pyridine rings is 1. The van der Waals surface area contributed by atoms with E-state index in [0.717, 1.165) is 36.8 Å². The molecule has 3 fully saturated rings. The second-order valence-electron chi connectivity index (χ2n) is 15.2. The Bertz CT molecular complexity index is 2070. The van der Waals surface area contributed by atoms with Crippen LogP contribution in [-0.2, 0) is 23.6 Å². The normalized spacial score (nSPS) is 19.3. The number of H-pyrrole nitrogens is 1. The molecule has 3 saturated heterocycles. The predicted molar refractivity (Wildman–Crippen MR) is 194 cm³/mol. The summed E-state index contributed by atoms with van der Waals surface area (Å²) < 4.78 is 85.2. The monoisotopic (exact) mass is 774 g/mol. The van der Waals surface area contributed by atoms with Crippen molar-refractivity contribution in [2.45, 2.75) is 69.4 Å². The van der Waals surface area contributed by atoms with Crippen molar-refractivity contribution < 1.29 is 35.9 Å². The number of alkyl halides is 6. The van der Waals surface area contributed by atoms with Gasteiger partial charge in [0.25, 0.3) is 0 Å². The third-order valence-electron chi connectivity index (χ3n) is 11.7. The van der Waals surface area contributed by atoms with E-state index in [9.17, 15) is 40.7 Å². The fraction of sp³-hybridized carbons (Fsp3) is 0.526. The highest BCUT2D eigenvalue weighted by atomic mass is 19.4. The highest BCUT2D eigenvalue weighted by Crippen LogP contribution is 2.42. The number of anilines is 1. The summed E-state index contributed by atoms with van der Waals surface area (Å²) in [5.74, 6) is 0.333. The SMILES string of the molecule is CN1CCC(C2CCN(C(=O)[C@@H](Cc3cc(C(F)(F)F)c(N)c(C(F)(F)F)c3)NC(=O)N3CCC(n4c(=O)[nH]c5c6ccccc6ncc54)CC3)CC2)CC1. The maximum Gasteiger partial charge on any atom is 0.418 e. The number of hydrogen-bond acceptors (Lipinski definition) is 6. The second-order valence-corrected chi connectivity index (χ2v) is 15.2. The summed E-state index contributed by atoms with van der Waals surface area (Å²) >= 11 is 0. The molecule has 1 atom stereocenters. The molecule has 3 aliphatic rings. The predicted octanol–water partition coefficient (Wildman–Crippen LogP) is 6.04. The van der Waals surface area contributed by atoms with Crippen LogP contribution in [0.5, 0.6) is 0 Å². The van der Waals surface area contributed by atoms with E-state index in [4.69, 9.17) is 5.73 Å². The number of imidazole rings is 1. The molecule has 0 saturated carbocycles. The Balaban J connectivity index is 1.09. The Labute approximate surface area is 312 Å². The Morgan fingerprint density at radius 3 is 2.04 bits per heavy atom. The van der Waals surface area contributed by atoms with Crippen molar-refractivity contribution in [2.24, 2.45) is 11.8 Å². The number of rotatable bonds is 6. The average Bonchev–Trinajstić information content (AvgIpc) is 3.50. The fourth-order valence-corrected chi connectivity index (χ4v) is 8.70. The lowest BCUT2D eigenvalue weighted by molar-refractivity contribution is -0.141. The smallest absolute Gasteiger partial charge is 0.398 e. The molecule has 5 heterocycles. The largest absolute Gasteiger partial charge is 0.418 e. The minimum atomic E-state index is -5.20. The van der Waals surface area contributed by atoms with Gasteiger partial charge in [-0.2, -0.15) is 26.3 Å². The Morgan fingerprint density at radius 1 is 0.873 bits per heavy atom. The first-order valence-corrected chi connectivity index (χ1v) is 18.7. The molecular weight excluding hydrogens is 730 g/mol. The number of nitrogens with one attached hydrogen (secondary N) is 2. The van der Waals surface area contributed by atoms with Crippen molar-refractivity contribution in [3.63, 3.8) is 0 Å². The van der Waals surface area contributed by atoms with E-state index in [-0.39, 0.29) is 24.8 Å². The molecule has 11 nitrogen and oxygen atoms in total. The summed E-state index contributed by atoms with van der Waals surface area (Å²) in [7, 11) is 2.08. The number of nitrogens with zero attached hydrogens (tertiary/aromatic N) is 5. The van der Waals surface area contributed by atoms with E-state index < -0.39 is 59.1 Å². The molecular formula is C38H44F6N8O3. The molecule has 4 aromatic rings. The molecule has 17 heteroatoms. The molecule has 296 valence electrons. The number of benzene rings is 2. The number of carbonyl (C=O) groups is 2. The van der Waals surface area contributed by atoms with Crippen LogP contribution in [0.4, 0.5) is 36.8 Å². The number of piperidine rings is 3. The number of fused-ring (bicyclic) bond motifs is 3. The quantitative estimate of drug-likeness (QED) is 0.162. The van der Waals surface area contributed by atoms with E-state index in [2.05, 4.69) is 27.2 Å². The maximum atomic E-state index is 14.1. The molecule has 2 aromatic carbocycles. The van der Waals surface area contributed by atoms with Crippen molar-refractivity contribution in [2.75, 3.05) is 52.0 Å². The van der Waals surface area contributed by atoms with E-state index >= 15 is 0 Å². The third kappa shape index (κ3) is 7.98. The average molecular weight is 775 g/mol. The number of carbonyl (C=O) groups excluding carboxylic acids is 2. The van der Waals surface area contributed by atoms with Crippen molar-refractivity contribution in [3.8, 4) is 0 Å². The zero-order chi connectivity index (χ0) is 39.2. The number of nitrogen functional groups attached to an aromatic ring is 1. The van der Waals surface area contributed by atoms with Crippen LogP contribution < -0.4 is 16.7 Å². The van der Waals surface area contributed by atoms with Crippen molar-refractivity contribution in [1.82, 2.24) is 34.6 Å². The lowest BCUT2D eigenvalue weighted by Crippen LogP contribution is -2.55. The molecule has 0 bridgehead atoms. The standard InChI is InChI=1S/C38H44F6N8O3/c1-49-12-6-23(7-13-49)24-8-14-50(15-9-24)34(53)30(20-22-18-27(37(39,40)41)32(45)28(19-22)38(42,43)44)47-35(54)51-16-10-25(11-17-51)52-31-21-46-29-5-3-2-4-26(29)33(31)48-36(52)55/h2-5,18-19,21,23-25,30H,6-17,20,45H2,1H3,(H,47,54)(H,48,55)/t30-/m1/s1. The minimum Gasteiger partial charge on any atom is -0.398 e. The number of aromatic amines is 1. The van der Waals surface area contributed by atoms with E-state index in [0.29, 0.717) is 73.8 Å². The number of halogens is 6. The molecule has 0 unspecified atom stereocenters. The zero-order valence-electron chi connectivity index (χ0n) is 30.3. The fourth-order valence-electron chi connectivity index (χ4n) is 8.70. The van der Waals surface area contributed by atoms with Gasteiger partial charge in [-0.15, -0.1) is 0 Å². The molecule has 3 amide bonds. The van der Waals surface area contributed by atoms with Crippen LogP contribution in [0.1, 0.15) is 61.3 Å². The van der Waals surface area contributed by atoms with Gasteiger partial charge in [-0.3, -0.25) is 14.3 Å². The Hall–Kier alpha value is -4.80. The number of aromatic nitrogens is 3. The Morgan fingerprint density at radius 2 is 1.44 bits per heavy atom. The van der Waals surface area contributed by atoms with Gasteiger partial charge in [0.2, 0.25) is 5.91 Å². The first kappa shape index (κ1) is 38.5. The van der Waals surface area contributed by atoms with Gasteiger partial charge in [-0.1, -0.05) is 18.2 Å². The summed E-state index contributed by atoms with van der Waals surface area (Å²) in [6.07, 6.45) is -5.11. The van der Waals surface area contributed by atoms with Gasteiger partial charge in [0.05, 0.1) is 39.6 Å². The van der Waals surface area contributed by atoms with E-state index in [1.807, 2.05) is 24.3 Å². The number of likely N-dealkylation sites (tertiary alicyclic amines) is 3. The summed E-state index contributed by atoms with van der Waals surface area (Å²) in [6.45, 7) is 3.06. The summed E-state index contributed by atoms with van der Waals surface area (Å²) in [4.78, 5) is 53.7. The molecule has 0 spiro atoms. The van der Waals surface area contributed by atoms with E-state index in [1.54, 1.807) is 15.7 Å². The van der Waals surface area contributed by atoms with Gasteiger partial charge in [-0.05, 0) is 94.3 Å². The molecule has 0 aliphatic carbocycles. The first-order valence-electron chi connectivity index (χ1n) is 18.7. The maximum absolute atomic E-state index is 14.1. The lowest BCUT2D eigenvalue weighted by atomic mass is 9.79.